The number of nitrogens with zero attached hydrogens (tertiary/aromatic N) is 2. The summed E-state index contributed by atoms with van der Waals surface area (Å²) >= 11 is 1.41. The van der Waals surface area contributed by atoms with Crippen molar-refractivity contribution in [3.63, 3.8) is 0 Å². The van der Waals surface area contributed by atoms with Crippen LogP contribution in [-0.4, -0.2) is 23.4 Å². The maximum Gasteiger partial charge on any atom is 0.217 e. The number of carbonyl (C=O) groups excluding carboxylic acids is 1. The molecule has 2 aromatic heterocycles. The molecule has 0 radical (unpaired) electrons. The van der Waals surface area contributed by atoms with Gasteiger partial charge < -0.3 is 20.8 Å². The van der Waals surface area contributed by atoms with Crippen LogP contribution in [0.4, 0.5) is 5.13 Å². The van der Waals surface area contributed by atoms with Gasteiger partial charge in [-0.3, -0.25) is 4.79 Å². The van der Waals surface area contributed by atoms with Gasteiger partial charge in [0.1, 0.15) is 11.5 Å². The number of hydrogen-bond acceptors (Lipinski definition) is 5. The SMILES string of the molecule is CCC(C=CCN=C(N)Nc1nc(-c2ccc(CNC(C)=O)o2)cs1)=CC(C)C. The molecule has 4 N–H and O–H groups in total. The van der Waals surface area contributed by atoms with Gasteiger partial charge >= 0.3 is 0 Å². The Hall–Kier alpha value is -2.87. The molecule has 0 aliphatic heterocycles. The van der Waals surface area contributed by atoms with E-state index in [0.717, 1.165) is 6.42 Å². The van der Waals surface area contributed by atoms with Crippen LogP contribution >= 0.6 is 11.3 Å². The van der Waals surface area contributed by atoms with Crippen LogP contribution in [0, 0.1) is 5.92 Å². The number of guanidine groups is 1. The molecule has 0 atom stereocenters. The molecule has 0 aliphatic rings. The number of anilines is 1. The molecular weight excluding hydrogens is 386 g/mol. The first-order chi connectivity index (χ1) is 13.9. The molecular formula is C21H29N5O2S. The number of amides is 1. The van der Waals surface area contributed by atoms with Gasteiger partial charge in [-0.2, -0.15) is 0 Å². The molecule has 2 rings (SSSR count). The van der Waals surface area contributed by atoms with E-state index in [-0.39, 0.29) is 5.91 Å². The Bertz CT molecular complexity index is 893. The van der Waals surface area contributed by atoms with Gasteiger partial charge in [0.25, 0.3) is 0 Å². The lowest BCUT2D eigenvalue weighted by Gasteiger charge is -2.01. The minimum Gasteiger partial charge on any atom is -0.458 e. The fraction of sp³-hybridized carbons (Fsp3) is 0.381. The number of hydrogen-bond donors (Lipinski definition) is 3. The van der Waals surface area contributed by atoms with E-state index in [1.807, 2.05) is 23.6 Å². The molecule has 1 amide bonds. The van der Waals surface area contributed by atoms with Gasteiger partial charge in [0.05, 0.1) is 13.1 Å². The molecule has 156 valence electrons. The highest BCUT2D eigenvalue weighted by molar-refractivity contribution is 7.14. The van der Waals surface area contributed by atoms with Crippen LogP contribution in [0.1, 0.15) is 39.9 Å². The first-order valence-electron chi connectivity index (χ1n) is 9.60. The van der Waals surface area contributed by atoms with Crippen LogP contribution in [0.25, 0.3) is 11.5 Å². The van der Waals surface area contributed by atoms with E-state index in [2.05, 4.69) is 53.5 Å². The Morgan fingerprint density at radius 1 is 1.41 bits per heavy atom. The largest absolute Gasteiger partial charge is 0.458 e. The van der Waals surface area contributed by atoms with Crippen LogP contribution in [-0.2, 0) is 11.3 Å². The van der Waals surface area contributed by atoms with Gasteiger partial charge in [-0.25, -0.2) is 9.98 Å². The monoisotopic (exact) mass is 415 g/mol. The number of nitrogens with two attached hydrogens (primary N) is 1. The topological polar surface area (TPSA) is 106 Å². The number of nitrogens with one attached hydrogen (secondary N) is 2. The van der Waals surface area contributed by atoms with E-state index in [0.29, 0.717) is 47.3 Å². The summed E-state index contributed by atoms with van der Waals surface area (Å²) in [5.74, 6) is 2.04. The van der Waals surface area contributed by atoms with Crippen molar-refractivity contribution in [2.24, 2.45) is 16.6 Å². The van der Waals surface area contributed by atoms with Crippen molar-refractivity contribution in [3.8, 4) is 11.5 Å². The lowest BCUT2D eigenvalue weighted by molar-refractivity contribution is -0.119. The van der Waals surface area contributed by atoms with Crippen LogP contribution in [0.15, 0.2) is 50.7 Å². The summed E-state index contributed by atoms with van der Waals surface area (Å²) < 4.78 is 5.70. The average molecular weight is 416 g/mol. The van der Waals surface area contributed by atoms with Gasteiger partial charge in [-0.05, 0) is 24.5 Å². The number of rotatable bonds is 9. The average Bonchev–Trinajstić information content (AvgIpc) is 3.31. The van der Waals surface area contributed by atoms with E-state index in [4.69, 9.17) is 10.2 Å². The Kier molecular flexibility index (Phi) is 8.67. The summed E-state index contributed by atoms with van der Waals surface area (Å²) in [6.45, 7) is 8.78. The number of furan rings is 1. The minimum atomic E-state index is -0.102. The highest BCUT2D eigenvalue weighted by atomic mass is 32.1. The number of carbonyl (C=O) groups is 1. The van der Waals surface area contributed by atoms with Crippen molar-refractivity contribution in [2.75, 3.05) is 11.9 Å². The van der Waals surface area contributed by atoms with Crippen molar-refractivity contribution >= 4 is 28.3 Å². The number of thiazole rings is 1. The Morgan fingerprint density at radius 3 is 2.90 bits per heavy atom. The summed E-state index contributed by atoms with van der Waals surface area (Å²) in [5.41, 5.74) is 7.94. The first kappa shape index (κ1) is 22.4. The summed E-state index contributed by atoms with van der Waals surface area (Å²) in [5, 5.41) is 8.21. The number of allylic oxidation sites excluding steroid dienone is 3. The van der Waals surface area contributed by atoms with Crippen molar-refractivity contribution in [3.05, 3.63) is 47.1 Å². The maximum absolute atomic E-state index is 11.0. The third-order valence-electron chi connectivity index (χ3n) is 3.82. The Morgan fingerprint density at radius 2 is 2.21 bits per heavy atom. The molecule has 8 heteroatoms. The molecule has 0 saturated carbocycles. The zero-order valence-electron chi connectivity index (χ0n) is 17.4. The maximum atomic E-state index is 11.0. The zero-order valence-corrected chi connectivity index (χ0v) is 18.2. The summed E-state index contributed by atoms with van der Waals surface area (Å²) in [7, 11) is 0. The third-order valence-corrected chi connectivity index (χ3v) is 4.58. The van der Waals surface area contributed by atoms with E-state index in [9.17, 15) is 4.79 Å². The highest BCUT2D eigenvalue weighted by Gasteiger charge is 2.10. The van der Waals surface area contributed by atoms with Crippen LogP contribution in [0.3, 0.4) is 0 Å². The van der Waals surface area contributed by atoms with E-state index < -0.39 is 0 Å². The summed E-state index contributed by atoms with van der Waals surface area (Å²) in [6, 6.07) is 3.65. The van der Waals surface area contributed by atoms with Crippen LogP contribution < -0.4 is 16.4 Å². The Labute approximate surface area is 175 Å². The number of aromatic nitrogens is 1. The molecule has 0 spiro atoms. The fourth-order valence-corrected chi connectivity index (χ4v) is 3.20. The van der Waals surface area contributed by atoms with Crippen LogP contribution in [0.2, 0.25) is 0 Å². The molecule has 0 fully saturated rings. The van der Waals surface area contributed by atoms with Crippen molar-refractivity contribution in [1.82, 2.24) is 10.3 Å². The number of aliphatic imine (C=N–C) groups is 1. The standard InChI is InChI=1S/C21H29N5O2S/c1-5-16(11-14(2)3)7-6-10-23-20(22)26-21-25-18(13-29-21)19-9-8-17(28-19)12-24-15(4)27/h6-9,11,13-14H,5,10,12H2,1-4H3,(H,24,27)(H3,22,23,25,26). The molecule has 0 unspecified atom stereocenters. The smallest absolute Gasteiger partial charge is 0.217 e. The molecule has 0 aromatic carbocycles. The summed E-state index contributed by atoms with van der Waals surface area (Å²) in [4.78, 5) is 19.8. The predicted molar refractivity (Wildman–Crippen MR) is 120 cm³/mol. The van der Waals surface area contributed by atoms with Crippen molar-refractivity contribution in [1.29, 1.82) is 0 Å². The van der Waals surface area contributed by atoms with E-state index >= 15 is 0 Å². The van der Waals surface area contributed by atoms with Crippen molar-refractivity contribution < 1.29 is 9.21 Å². The normalized spacial score (nSPS) is 12.7. The Balaban J connectivity index is 1.90. The molecule has 0 aliphatic carbocycles. The van der Waals surface area contributed by atoms with Gasteiger partial charge in [0.15, 0.2) is 16.9 Å². The lowest BCUT2D eigenvalue weighted by atomic mass is 10.1. The first-order valence-corrected chi connectivity index (χ1v) is 10.5. The van der Waals surface area contributed by atoms with Gasteiger partial charge in [-0.1, -0.05) is 44.6 Å². The van der Waals surface area contributed by atoms with E-state index in [1.165, 1.54) is 23.8 Å². The quantitative estimate of drug-likeness (QED) is 0.321. The fourth-order valence-electron chi connectivity index (χ4n) is 2.49. The van der Waals surface area contributed by atoms with Gasteiger partial charge in [0, 0.05) is 12.3 Å². The molecule has 0 saturated heterocycles. The second-order valence-corrected chi connectivity index (χ2v) is 7.66. The molecule has 7 nitrogen and oxygen atoms in total. The lowest BCUT2D eigenvalue weighted by Crippen LogP contribution is -2.22. The molecule has 29 heavy (non-hydrogen) atoms. The molecule has 0 bridgehead atoms. The van der Waals surface area contributed by atoms with E-state index in [1.54, 1.807) is 0 Å². The van der Waals surface area contributed by atoms with Gasteiger partial charge in [0.2, 0.25) is 5.91 Å². The van der Waals surface area contributed by atoms with Crippen LogP contribution in [0.5, 0.6) is 0 Å². The second-order valence-electron chi connectivity index (χ2n) is 6.81. The molecule has 2 heterocycles. The minimum absolute atomic E-state index is 0.102. The second kappa shape index (κ2) is 11.2. The molecule has 2 aromatic rings. The van der Waals surface area contributed by atoms with Gasteiger partial charge in [-0.15, -0.1) is 11.3 Å². The zero-order chi connectivity index (χ0) is 21.2. The van der Waals surface area contributed by atoms with Crippen molar-refractivity contribution in [2.45, 2.75) is 40.7 Å². The predicted octanol–water partition coefficient (Wildman–Crippen LogP) is 4.31. The summed E-state index contributed by atoms with van der Waals surface area (Å²) in [6.07, 6.45) is 7.33. The third kappa shape index (κ3) is 7.95. The highest BCUT2D eigenvalue weighted by Crippen LogP contribution is 2.26.